The molecule has 0 amide bonds. The monoisotopic (exact) mass is 494 g/mol. The van der Waals surface area contributed by atoms with E-state index in [1.807, 2.05) is 0 Å². The molecule has 34 heavy (non-hydrogen) atoms. The summed E-state index contributed by atoms with van der Waals surface area (Å²) in [6.45, 7) is 2.65. The molecule has 0 radical (unpaired) electrons. The van der Waals surface area contributed by atoms with Crippen molar-refractivity contribution in [2.45, 2.75) is 103 Å². The van der Waals surface area contributed by atoms with Crippen LogP contribution in [0.25, 0.3) is 0 Å². The Hall–Kier alpha value is -2.19. The zero-order valence-electron chi connectivity index (χ0n) is 19.8. The Morgan fingerprint density at radius 3 is 1.50 bits per heavy atom. The number of hydrogen-bond donors (Lipinski definition) is 0. The van der Waals surface area contributed by atoms with E-state index in [-0.39, 0.29) is 12.4 Å². The lowest BCUT2D eigenvalue weighted by Crippen LogP contribution is -2.13. The quantitative estimate of drug-likeness (QED) is 0.0524. The van der Waals surface area contributed by atoms with E-state index in [4.69, 9.17) is 4.74 Å². The maximum Gasteiger partial charge on any atom is 0.311 e. The molecule has 1 rings (SSSR count). The van der Waals surface area contributed by atoms with E-state index < -0.39 is 40.8 Å². The standard InChI is InChI=1S/C25H35F5O4/c1-2-3-4-5-8-11-14-17-33-18(31)15-12-9-6-7-10-13-16-19(32)34-25-23(29)21(27)20(26)22(28)24(25)30/h2-17H2,1H3. The van der Waals surface area contributed by atoms with E-state index >= 15 is 0 Å². The molecule has 0 aromatic heterocycles. The molecule has 1 aromatic rings. The van der Waals surface area contributed by atoms with E-state index in [9.17, 15) is 31.5 Å². The first-order valence-corrected chi connectivity index (χ1v) is 12.2. The lowest BCUT2D eigenvalue weighted by atomic mass is 10.1. The highest BCUT2D eigenvalue weighted by Gasteiger charge is 2.28. The first-order chi connectivity index (χ1) is 16.3. The van der Waals surface area contributed by atoms with Crippen molar-refractivity contribution < 1.29 is 41.0 Å². The Bertz CT molecular complexity index is 741. The molecule has 0 fully saturated rings. The summed E-state index contributed by atoms with van der Waals surface area (Å²) in [6, 6.07) is 0. The molecule has 1 aromatic carbocycles. The molecule has 0 saturated heterocycles. The van der Waals surface area contributed by atoms with Crippen LogP contribution in [0.15, 0.2) is 0 Å². The van der Waals surface area contributed by atoms with Gasteiger partial charge < -0.3 is 9.47 Å². The lowest BCUT2D eigenvalue weighted by molar-refractivity contribution is -0.144. The van der Waals surface area contributed by atoms with Crippen molar-refractivity contribution in [1.29, 1.82) is 0 Å². The predicted octanol–water partition coefficient (Wildman–Crippen LogP) is 7.70. The molecule has 0 bridgehead atoms. The van der Waals surface area contributed by atoms with E-state index in [2.05, 4.69) is 11.7 Å². The van der Waals surface area contributed by atoms with Crippen molar-refractivity contribution >= 4 is 11.9 Å². The highest BCUT2D eigenvalue weighted by Crippen LogP contribution is 2.29. The van der Waals surface area contributed by atoms with Gasteiger partial charge in [-0.2, -0.15) is 8.78 Å². The van der Waals surface area contributed by atoms with Gasteiger partial charge in [0.25, 0.3) is 0 Å². The average Bonchev–Trinajstić information content (AvgIpc) is 2.82. The van der Waals surface area contributed by atoms with Gasteiger partial charge in [0, 0.05) is 12.8 Å². The Labute approximate surface area is 198 Å². The third kappa shape index (κ3) is 11.3. The number of hydrogen-bond acceptors (Lipinski definition) is 4. The maximum atomic E-state index is 13.5. The fraction of sp³-hybridized carbons (Fsp3) is 0.680. The van der Waals surface area contributed by atoms with Gasteiger partial charge in [-0.3, -0.25) is 9.59 Å². The number of unbranched alkanes of at least 4 members (excludes halogenated alkanes) is 11. The van der Waals surface area contributed by atoms with E-state index in [0.29, 0.717) is 32.3 Å². The molecule has 0 saturated carbocycles. The van der Waals surface area contributed by atoms with Crippen LogP contribution in [0.5, 0.6) is 5.75 Å². The summed E-state index contributed by atoms with van der Waals surface area (Å²) in [6.07, 6.45) is 12.4. The summed E-state index contributed by atoms with van der Waals surface area (Å²) < 4.78 is 75.8. The van der Waals surface area contributed by atoms with Gasteiger partial charge in [-0.25, -0.2) is 13.2 Å². The lowest BCUT2D eigenvalue weighted by Gasteiger charge is -2.08. The largest absolute Gasteiger partial charge is 0.466 e. The van der Waals surface area contributed by atoms with Gasteiger partial charge in [0.05, 0.1) is 6.61 Å². The van der Waals surface area contributed by atoms with Gasteiger partial charge in [0.1, 0.15) is 0 Å². The second kappa shape index (κ2) is 17.3. The SMILES string of the molecule is CCCCCCCCCOC(=O)CCCCCCCCC(=O)Oc1c(F)c(F)c(F)c(F)c1F. The Morgan fingerprint density at radius 1 is 0.559 bits per heavy atom. The first-order valence-electron chi connectivity index (χ1n) is 12.2. The van der Waals surface area contributed by atoms with Crippen LogP contribution in [0.3, 0.4) is 0 Å². The number of esters is 2. The molecular formula is C25H35F5O4. The normalized spacial score (nSPS) is 11.0. The molecule has 4 nitrogen and oxygen atoms in total. The fourth-order valence-corrected chi connectivity index (χ4v) is 3.40. The van der Waals surface area contributed by atoms with Crippen molar-refractivity contribution in [2.75, 3.05) is 6.61 Å². The smallest absolute Gasteiger partial charge is 0.311 e. The molecular weight excluding hydrogens is 459 g/mol. The molecule has 0 unspecified atom stereocenters. The van der Waals surface area contributed by atoms with Crippen molar-refractivity contribution in [3.05, 3.63) is 29.1 Å². The number of carbonyl (C=O) groups excluding carboxylic acids is 2. The molecule has 0 N–H and O–H groups in total. The van der Waals surface area contributed by atoms with Crippen LogP contribution in [0.1, 0.15) is 103 Å². The first kappa shape index (κ1) is 29.8. The topological polar surface area (TPSA) is 52.6 Å². The Kier molecular flexibility index (Phi) is 15.2. The van der Waals surface area contributed by atoms with Crippen LogP contribution >= 0.6 is 0 Å². The van der Waals surface area contributed by atoms with E-state index in [1.165, 1.54) is 32.1 Å². The second-order valence-corrected chi connectivity index (χ2v) is 8.34. The molecule has 0 aliphatic carbocycles. The molecule has 194 valence electrons. The summed E-state index contributed by atoms with van der Waals surface area (Å²) in [5, 5.41) is 0. The van der Waals surface area contributed by atoms with Crippen molar-refractivity contribution in [1.82, 2.24) is 0 Å². The van der Waals surface area contributed by atoms with E-state index in [1.54, 1.807) is 0 Å². The average molecular weight is 495 g/mol. The van der Waals surface area contributed by atoms with Crippen molar-refractivity contribution in [3.8, 4) is 5.75 Å². The molecule has 0 atom stereocenters. The third-order valence-corrected chi connectivity index (χ3v) is 5.41. The van der Waals surface area contributed by atoms with Crippen LogP contribution < -0.4 is 4.74 Å². The van der Waals surface area contributed by atoms with Gasteiger partial charge in [-0.1, -0.05) is 71.1 Å². The Morgan fingerprint density at radius 2 is 0.971 bits per heavy atom. The molecule has 0 aliphatic heterocycles. The van der Waals surface area contributed by atoms with Gasteiger partial charge in [0.2, 0.25) is 34.8 Å². The van der Waals surface area contributed by atoms with Crippen LogP contribution in [0.2, 0.25) is 0 Å². The minimum absolute atomic E-state index is 0.193. The van der Waals surface area contributed by atoms with Gasteiger partial charge >= 0.3 is 11.9 Å². The van der Waals surface area contributed by atoms with Crippen LogP contribution in [0.4, 0.5) is 22.0 Å². The van der Waals surface area contributed by atoms with Crippen LogP contribution in [0, 0.1) is 29.1 Å². The zero-order chi connectivity index (χ0) is 25.3. The van der Waals surface area contributed by atoms with Gasteiger partial charge in [0.15, 0.2) is 0 Å². The molecule has 0 heterocycles. The summed E-state index contributed by atoms with van der Waals surface area (Å²) in [5.74, 6) is -13.8. The highest BCUT2D eigenvalue weighted by molar-refractivity contribution is 5.72. The third-order valence-electron chi connectivity index (χ3n) is 5.41. The Balaban J connectivity index is 2.05. The number of rotatable bonds is 18. The number of carbonyl (C=O) groups is 2. The minimum Gasteiger partial charge on any atom is -0.466 e. The fourth-order valence-electron chi connectivity index (χ4n) is 3.40. The molecule has 9 heteroatoms. The summed E-state index contributed by atoms with van der Waals surface area (Å²) >= 11 is 0. The molecule has 0 spiro atoms. The zero-order valence-corrected chi connectivity index (χ0v) is 19.8. The number of halogens is 5. The van der Waals surface area contributed by atoms with Crippen LogP contribution in [-0.2, 0) is 14.3 Å². The summed E-state index contributed by atoms with van der Waals surface area (Å²) in [5.41, 5.74) is 0. The number of ether oxygens (including phenoxy) is 2. The molecule has 0 aliphatic rings. The minimum atomic E-state index is -2.31. The summed E-state index contributed by atoms with van der Waals surface area (Å²) in [7, 11) is 0. The predicted molar refractivity (Wildman–Crippen MR) is 118 cm³/mol. The maximum absolute atomic E-state index is 13.5. The number of benzene rings is 1. The highest BCUT2D eigenvalue weighted by atomic mass is 19.2. The van der Waals surface area contributed by atoms with Gasteiger partial charge in [-0.15, -0.1) is 0 Å². The van der Waals surface area contributed by atoms with Crippen LogP contribution in [-0.4, -0.2) is 18.5 Å². The van der Waals surface area contributed by atoms with Gasteiger partial charge in [-0.05, 0) is 19.3 Å². The summed E-state index contributed by atoms with van der Waals surface area (Å²) in [4.78, 5) is 23.4. The van der Waals surface area contributed by atoms with Crippen molar-refractivity contribution in [3.63, 3.8) is 0 Å². The second-order valence-electron chi connectivity index (χ2n) is 8.34. The van der Waals surface area contributed by atoms with Crippen molar-refractivity contribution in [2.24, 2.45) is 0 Å². The van der Waals surface area contributed by atoms with E-state index in [0.717, 1.165) is 32.1 Å².